The van der Waals surface area contributed by atoms with E-state index in [2.05, 4.69) is 0 Å². The van der Waals surface area contributed by atoms with Crippen molar-refractivity contribution in [3.63, 3.8) is 0 Å². The first-order valence-corrected chi connectivity index (χ1v) is 6.77. The van der Waals surface area contributed by atoms with E-state index in [1.54, 1.807) is 14.2 Å². The van der Waals surface area contributed by atoms with Gasteiger partial charge in [0.25, 0.3) is 0 Å². The highest BCUT2D eigenvalue weighted by Crippen LogP contribution is 2.28. The van der Waals surface area contributed by atoms with Gasteiger partial charge >= 0.3 is 0 Å². The molecule has 2 rings (SSSR count). The third-order valence-electron chi connectivity index (χ3n) is 3.42. The minimum atomic E-state index is -0.442. The van der Waals surface area contributed by atoms with Crippen molar-refractivity contribution in [3.05, 3.63) is 29.8 Å². The van der Waals surface area contributed by atoms with E-state index >= 15 is 0 Å². The molecule has 1 fully saturated rings. The summed E-state index contributed by atoms with van der Waals surface area (Å²) in [7, 11) is 3.26. The summed E-state index contributed by atoms with van der Waals surface area (Å²) in [4.78, 5) is 0. The van der Waals surface area contributed by atoms with Crippen molar-refractivity contribution in [3.8, 4) is 5.75 Å². The number of ether oxygens (including phenoxy) is 4. The molecule has 1 aromatic carbocycles. The normalized spacial score (nSPS) is 25.2. The maximum Gasteiger partial charge on any atom is 0.119 e. The summed E-state index contributed by atoms with van der Waals surface area (Å²) in [6, 6.07) is 7.75. The van der Waals surface area contributed by atoms with E-state index in [0.29, 0.717) is 26.2 Å². The molecule has 0 heterocycles. The Kier molecular flexibility index (Phi) is 5.79. The molecule has 0 spiro atoms. The maximum atomic E-state index is 9.69. The van der Waals surface area contributed by atoms with E-state index in [1.165, 1.54) is 0 Å². The van der Waals surface area contributed by atoms with Crippen LogP contribution in [-0.4, -0.2) is 50.9 Å². The van der Waals surface area contributed by atoms with Crippen LogP contribution < -0.4 is 4.74 Å². The van der Waals surface area contributed by atoms with Gasteiger partial charge < -0.3 is 24.1 Å². The monoisotopic (exact) mass is 282 g/mol. The van der Waals surface area contributed by atoms with Crippen LogP contribution in [0.2, 0.25) is 0 Å². The lowest BCUT2D eigenvalue weighted by Gasteiger charge is -2.40. The van der Waals surface area contributed by atoms with Crippen LogP contribution in [0.4, 0.5) is 0 Å². The predicted molar refractivity (Wildman–Crippen MR) is 73.8 cm³/mol. The van der Waals surface area contributed by atoms with Crippen LogP contribution in [0, 0.1) is 0 Å². The zero-order chi connectivity index (χ0) is 14.4. The minimum absolute atomic E-state index is 0.0620. The summed E-state index contributed by atoms with van der Waals surface area (Å²) >= 11 is 0. The summed E-state index contributed by atoms with van der Waals surface area (Å²) in [5, 5.41) is 9.69. The lowest BCUT2D eigenvalue weighted by atomic mass is 9.88. The molecule has 20 heavy (non-hydrogen) atoms. The summed E-state index contributed by atoms with van der Waals surface area (Å²) in [5.74, 6) is 0.813. The van der Waals surface area contributed by atoms with Gasteiger partial charge in [-0.25, -0.2) is 0 Å². The van der Waals surface area contributed by atoms with Crippen LogP contribution in [-0.2, 0) is 20.8 Å². The molecule has 0 aliphatic heterocycles. The van der Waals surface area contributed by atoms with Crippen LogP contribution in [0.5, 0.6) is 5.75 Å². The molecule has 0 radical (unpaired) electrons. The average Bonchev–Trinajstić information content (AvgIpc) is 2.48. The molecule has 5 nitrogen and oxygen atoms in total. The molecule has 112 valence electrons. The third kappa shape index (κ3) is 3.93. The molecule has 5 heteroatoms. The Morgan fingerprint density at radius 2 is 2.05 bits per heavy atom. The van der Waals surface area contributed by atoms with E-state index < -0.39 is 6.10 Å². The van der Waals surface area contributed by atoms with Gasteiger partial charge in [-0.05, 0) is 17.7 Å². The topological polar surface area (TPSA) is 57.2 Å². The predicted octanol–water partition coefficient (Wildman–Crippen LogP) is 1.38. The van der Waals surface area contributed by atoms with Crippen molar-refractivity contribution in [2.45, 2.75) is 31.3 Å². The first-order valence-electron chi connectivity index (χ1n) is 6.77. The average molecular weight is 282 g/mol. The number of methoxy groups -OCH3 is 2. The minimum Gasteiger partial charge on any atom is -0.497 e. The second-order valence-electron chi connectivity index (χ2n) is 4.83. The second-order valence-corrected chi connectivity index (χ2v) is 4.83. The molecule has 3 unspecified atom stereocenters. The number of rotatable bonds is 8. The van der Waals surface area contributed by atoms with Gasteiger partial charge in [0.1, 0.15) is 11.9 Å². The Labute approximate surface area is 119 Å². The highest BCUT2D eigenvalue weighted by Gasteiger charge is 2.41. The summed E-state index contributed by atoms with van der Waals surface area (Å²) < 4.78 is 21.4. The van der Waals surface area contributed by atoms with Crippen molar-refractivity contribution in [1.82, 2.24) is 0 Å². The number of hydrogen-bond acceptors (Lipinski definition) is 5. The standard InChI is InChI=1S/C15H22O5/c1-17-6-7-19-15-13(16)9-14(15)20-10-11-4-3-5-12(8-11)18-2/h3-5,8,13-16H,6-7,9-10H2,1-2H3. The molecule has 1 saturated carbocycles. The molecule has 0 bridgehead atoms. The van der Waals surface area contributed by atoms with Crippen molar-refractivity contribution in [1.29, 1.82) is 0 Å². The van der Waals surface area contributed by atoms with Crippen LogP contribution in [0.25, 0.3) is 0 Å². The Morgan fingerprint density at radius 1 is 1.20 bits per heavy atom. The fraction of sp³-hybridized carbons (Fsp3) is 0.600. The van der Waals surface area contributed by atoms with Crippen LogP contribution in [0.1, 0.15) is 12.0 Å². The molecule has 1 aromatic rings. The van der Waals surface area contributed by atoms with Crippen LogP contribution >= 0.6 is 0 Å². The molecule has 3 atom stereocenters. The lowest BCUT2D eigenvalue weighted by Crippen LogP contribution is -2.53. The molecular formula is C15H22O5. The first-order chi connectivity index (χ1) is 9.74. The smallest absolute Gasteiger partial charge is 0.119 e. The Bertz CT molecular complexity index is 409. The highest BCUT2D eigenvalue weighted by atomic mass is 16.6. The largest absolute Gasteiger partial charge is 0.497 e. The summed E-state index contributed by atoms with van der Waals surface area (Å²) in [6.45, 7) is 1.47. The van der Waals surface area contributed by atoms with Crippen LogP contribution in [0.3, 0.4) is 0 Å². The zero-order valence-electron chi connectivity index (χ0n) is 12.0. The molecule has 0 amide bonds. The number of hydrogen-bond donors (Lipinski definition) is 1. The molecule has 1 aliphatic carbocycles. The second kappa shape index (κ2) is 7.59. The van der Waals surface area contributed by atoms with Crippen LogP contribution in [0.15, 0.2) is 24.3 Å². The first kappa shape index (κ1) is 15.3. The Hall–Kier alpha value is -1.14. The van der Waals surface area contributed by atoms with Gasteiger partial charge in [-0.2, -0.15) is 0 Å². The summed E-state index contributed by atoms with van der Waals surface area (Å²) in [6.07, 6.45) is -0.146. The van der Waals surface area contributed by atoms with Gasteiger partial charge in [0.15, 0.2) is 0 Å². The molecule has 1 N–H and O–H groups in total. The lowest BCUT2D eigenvalue weighted by molar-refractivity contribution is -0.199. The number of aliphatic hydroxyl groups is 1. The Balaban J connectivity index is 1.78. The van der Waals surface area contributed by atoms with E-state index in [9.17, 15) is 5.11 Å². The van der Waals surface area contributed by atoms with Crippen molar-refractivity contribution >= 4 is 0 Å². The zero-order valence-corrected chi connectivity index (χ0v) is 12.0. The van der Waals surface area contributed by atoms with Gasteiger partial charge in [-0.3, -0.25) is 0 Å². The quantitative estimate of drug-likeness (QED) is 0.730. The fourth-order valence-corrected chi connectivity index (χ4v) is 2.17. The number of aliphatic hydroxyl groups excluding tert-OH is 1. The van der Waals surface area contributed by atoms with E-state index in [1.807, 2.05) is 24.3 Å². The van der Waals surface area contributed by atoms with Gasteiger partial charge in [0.05, 0.1) is 39.1 Å². The summed E-state index contributed by atoms with van der Waals surface area (Å²) in [5.41, 5.74) is 1.04. The molecule has 0 aromatic heterocycles. The maximum absolute atomic E-state index is 9.69. The number of benzene rings is 1. The van der Waals surface area contributed by atoms with Gasteiger partial charge in [0.2, 0.25) is 0 Å². The van der Waals surface area contributed by atoms with Crippen molar-refractivity contribution < 1.29 is 24.1 Å². The molecular weight excluding hydrogens is 260 g/mol. The fourth-order valence-electron chi connectivity index (χ4n) is 2.17. The van der Waals surface area contributed by atoms with Gasteiger partial charge in [0, 0.05) is 13.5 Å². The Morgan fingerprint density at radius 3 is 2.75 bits per heavy atom. The molecule has 0 saturated heterocycles. The van der Waals surface area contributed by atoms with E-state index in [4.69, 9.17) is 18.9 Å². The van der Waals surface area contributed by atoms with Crippen molar-refractivity contribution in [2.24, 2.45) is 0 Å². The van der Waals surface area contributed by atoms with Gasteiger partial charge in [-0.15, -0.1) is 0 Å². The molecule has 1 aliphatic rings. The van der Waals surface area contributed by atoms with Crippen molar-refractivity contribution in [2.75, 3.05) is 27.4 Å². The van der Waals surface area contributed by atoms with E-state index in [-0.39, 0.29) is 12.2 Å². The SMILES string of the molecule is COCCOC1C(O)CC1OCc1cccc(OC)c1. The highest BCUT2D eigenvalue weighted by molar-refractivity contribution is 5.27. The van der Waals surface area contributed by atoms with E-state index in [0.717, 1.165) is 11.3 Å². The van der Waals surface area contributed by atoms with Gasteiger partial charge in [-0.1, -0.05) is 12.1 Å². The third-order valence-corrected chi connectivity index (χ3v) is 3.42.